The molecule has 0 saturated heterocycles. The Balaban J connectivity index is 2.82. The lowest BCUT2D eigenvalue weighted by molar-refractivity contribution is -0.138. The maximum absolute atomic E-state index is 11.0. The molecule has 0 radical (unpaired) electrons. The highest BCUT2D eigenvalue weighted by molar-refractivity contribution is 6.36. The normalized spacial score (nSPS) is 9.87. The minimum atomic E-state index is -0.356. The first-order chi connectivity index (χ1) is 7.04. The average Bonchev–Trinajstić information content (AvgIpc) is 2.17. The third kappa shape index (κ3) is 3.25. The van der Waals surface area contributed by atoms with Crippen LogP contribution in [0.25, 0.3) is 0 Å². The van der Waals surface area contributed by atoms with Crippen LogP contribution in [-0.2, 0) is 9.53 Å². The smallest absolute Gasteiger partial charge is 0.325 e. The van der Waals surface area contributed by atoms with Crippen molar-refractivity contribution in [2.24, 2.45) is 0 Å². The van der Waals surface area contributed by atoms with Crippen molar-refractivity contribution in [1.29, 1.82) is 0 Å². The molecule has 82 valence electrons. The first kappa shape index (κ1) is 12.1. The Hall–Kier alpha value is -1.000. The lowest BCUT2D eigenvalue weighted by Crippen LogP contribution is -2.27. The van der Waals surface area contributed by atoms with Crippen molar-refractivity contribution in [3.05, 3.63) is 22.3 Å². The van der Waals surface area contributed by atoms with Gasteiger partial charge in [0.1, 0.15) is 12.4 Å². The Labute approximate surface area is 97.8 Å². The minimum Gasteiger partial charge on any atom is -0.468 e. The number of nitrogens with zero attached hydrogens (tertiary/aromatic N) is 2. The molecular formula is C9H10Cl2N2O2. The average molecular weight is 249 g/mol. The number of carbonyl (C=O) groups is 1. The molecular weight excluding hydrogens is 239 g/mol. The molecule has 0 N–H and O–H groups in total. The molecule has 0 atom stereocenters. The van der Waals surface area contributed by atoms with E-state index in [4.69, 9.17) is 23.2 Å². The first-order valence-electron chi connectivity index (χ1n) is 4.13. The Morgan fingerprint density at radius 2 is 2.27 bits per heavy atom. The zero-order valence-corrected chi connectivity index (χ0v) is 9.84. The van der Waals surface area contributed by atoms with Gasteiger partial charge in [0, 0.05) is 13.2 Å². The van der Waals surface area contributed by atoms with Gasteiger partial charge in [0.2, 0.25) is 0 Å². The number of halogens is 2. The van der Waals surface area contributed by atoms with Crippen LogP contribution in [0.4, 0.5) is 5.82 Å². The van der Waals surface area contributed by atoms with Gasteiger partial charge in [0.15, 0.2) is 0 Å². The summed E-state index contributed by atoms with van der Waals surface area (Å²) in [6, 6.07) is 1.57. The number of anilines is 1. The van der Waals surface area contributed by atoms with Gasteiger partial charge in [0.05, 0.1) is 17.2 Å². The summed E-state index contributed by atoms with van der Waals surface area (Å²) in [5, 5.41) is 0.851. The van der Waals surface area contributed by atoms with Gasteiger partial charge in [-0.15, -0.1) is 0 Å². The molecule has 1 aromatic heterocycles. The van der Waals surface area contributed by atoms with E-state index >= 15 is 0 Å². The van der Waals surface area contributed by atoms with Crippen LogP contribution in [0.2, 0.25) is 10.0 Å². The highest BCUT2D eigenvalue weighted by Crippen LogP contribution is 2.24. The molecule has 0 saturated carbocycles. The predicted molar refractivity (Wildman–Crippen MR) is 59.5 cm³/mol. The standard InChI is InChI=1S/C9H10Cl2N2O2/c1-13(5-8(14)15-2)9-7(11)3-6(10)4-12-9/h3-4H,5H2,1-2H3. The van der Waals surface area contributed by atoms with Crippen molar-refractivity contribution in [2.45, 2.75) is 0 Å². The fourth-order valence-corrected chi connectivity index (χ4v) is 1.55. The maximum atomic E-state index is 11.0. The number of likely N-dealkylation sites (N-methyl/N-ethyl adjacent to an activating group) is 1. The van der Waals surface area contributed by atoms with E-state index in [9.17, 15) is 4.79 Å². The van der Waals surface area contributed by atoms with Crippen LogP contribution in [0.3, 0.4) is 0 Å². The summed E-state index contributed by atoms with van der Waals surface area (Å²) in [5.41, 5.74) is 0. The van der Waals surface area contributed by atoms with E-state index in [1.165, 1.54) is 13.3 Å². The number of pyridine rings is 1. The molecule has 0 bridgehead atoms. The van der Waals surface area contributed by atoms with E-state index in [0.29, 0.717) is 15.9 Å². The van der Waals surface area contributed by atoms with Crippen LogP contribution in [0, 0.1) is 0 Å². The SMILES string of the molecule is COC(=O)CN(C)c1ncc(Cl)cc1Cl. The molecule has 0 aliphatic rings. The Kier molecular flexibility index (Phi) is 4.17. The third-order valence-corrected chi connectivity index (χ3v) is 2.23. The molecule has 0 unspecified atom stereocenters. The number of hydrogen-bond donors (Lipinski definition) is 0. The van der Waals surface area contributed by atoms with Gasteiger partial charge in [-0.1, -0.05) is 23.2 Å². The molecule has 1 rings (SSSR count). The lowest BCUT2D eigenvalue weighted by Gasteiger charge is -2.17. The molecule has 6 heteroatoms. The third-order valence-electron chi connectivity index (χ3n) is 1.74. The van der Waals surface area contributed by atoms with Crippen LogP contribution in [0.1, 0.15) is 0 Å². The van der Waals surface area contributed by atoms with Gasteiger partial charge < -0.3 is 9.64 Å². The molecule has 0 fully saturated rings. The number of methoxy groups -OCH3 is 1. The van der Waals surface area contributed by atoms with E-state index in [2.05, 4.69) is 9.72 Å². The summed E-state index contributed by atoms with van der Waals surface area (Å²) in [4.78, 5) is 16.6. The van der Waals surface area contributed by atoms with Gasteiger partial charge in [-0.3, -0.25) is 4.79 Å². The predicted octanol–water partition coefficient (Wildman–Crippen LogP) is 2.00. The van der Waals surface area contributed by atoms with E-state index in [1.807, 2.05) is 0 Å². The molecule has 1 heterocycles. The summed E-state index contributed by atoms with van der Waals surface area (Å²) in [5.74, 6) is 0.136. The monoisotopic (exact) mass is 248 g/mol. The van der Waals surface area contributed by atoms with Crippen LogP contribution < -0.4 is 4.90 Å². The van der Waals surface area contributed by atoms with Crippen molar-refractivity contribution in [3.63, 3.8) is 0 Å². The van der Waals surface area contributed by atoms with Gasteiger partial charge in [-0.25, -0.2) is 4.98 Å². The van der Waals surface area contributed by atoms with Crippen LogP contribution in [0.15, 0.2) is 12.3 Å². The van der Waals surface area contributed by atoms with Gasteiger partial charge >= 0.3 is 5.97 Å². The zero-order valence-electron chi connectivity index (χ0n) is 8.33. The number of aromatic nitrogens is 1. The van der Waals surface area contributed by atoms with E-state index in [-0.39, 0.29) is 12.5 Å². The maximum Gasteiger partial charge on any atom is 0.325 e. The Morgan fingerprint density at radius 1 is 1.60 bits per heavy atom. The lowest BCUT2D eigenvalue weighted by atomic mass is 10.4. The van der Waals surface area contributed by atoms with E-state index in [0.717, 1.165) is 0 Å². The first-order valence-corrected chi connectivity index (χ1v) is 4.89. The van der Waals surface area contributed by atoms with Gasteiger partial charge in [-0.05, 0) is 6.07 Å². The molecule has 4 nitrogen and oxygen atoms in total. The van der Waals surface area contributed by atoms with Gasteiger partial charge in [0.25, 0.3) is 0 Å². The van der Waals surface area contributed by atoms with Crippen LogP contribution in [-0.4, -0.2) is 31.7 Å². The largest absolute Gasteiger partial charge is 0.468 e. The molecule has 0 aliphatic heterocycles. The highest BCUT2D eigenvalue weighted by Gasteiger charge is 2.12. The Morgan fingerprint density at radius 3 is 2.80 bits per heavy atom. The van der Waals surface area contributed by atoms with Crippen molar-refractivity contribution in [3.8, 4) is 0 Å². The number of hydrogen-bond acceptors (Lipinski definition) is 4. The quantitative estimate of drug-likeness (QED) is 0.768. The van der Waals surface area contributed by atoms with Crippen LogP contribution >= 0.6 is 23.2 Å². The number of rotatable bonds is 3. The topological polar surface area (TPSA) is 42.4 Å². The summed E-state index contributed by atoms with van der Waals surface area (Å²) >= 11 is 11.6. The molecule has 0 spiro atoms. The minimum absolute atomic E-state index is 0.0881. The fraction of sp³-hybridized carbons (Fsp3) is 0.333. The Bertz CT molecular complexity index is 371. The highest BCUT2D eigenvalue weighted by atomic mass is 35.5. The van der Waals surface area contributed by atoms with Crippen molar-refractivity contribution in [2.75, 3.05) is 25.6 Å². The number of carbonyl (C=O) groups excluding carboxylic acids is 1. The molecule has 15 heavy (non-hydrogen) atoms. The van der Waals surface area contributed by atoms with Crippen molar-refractivity contribution in [1.82, 2.24) is 4.98 Å². The zero-order chi connectivity index (χ0) is 11.4. The van der Waals surface area contributed by atoms with Gasteiger partial charge in [-0.2, -0.15) is 0 Å². The summed E-state index contributed by atoms with van der Waals surface area (Å²) in [6.45, 7) is 0.0881. The molecule has 0 amide bonds. The second-order valence-electron chi connectivity index (χ2n) is 2.89. The van der Waals surface area contributed by atoms with Crippen molar-refractivity contribution >= 4 is 35.0 Å². The van der Waals surface area contributed by atoms with Crippen LogP contribution in [0.5, 0.6) is 0 Å². The molecule has 1 aromatic rings. The summed E-state index contributed by atoms with van der Waals surface area (Å²) < 4.78 is 4.53. The number of esters is 1. The molecule has 0 aliphatic carbocycles. The second kappa shape index (κ2) is 5.19. The van der Waals surface area contributed by atoms with E-state index < -0.39 is 0 Å². The fourth-order valence-electron chi connectivity index (χ4n) is 1.02. The second-order valence-corrected chi connectivity index (χ2v) is 3.73. The summed E-state index contributed by atoms with van der Waals surface area (Å²) in [7, 11) is 3.02. The number of ether oxygens (including phenoxy) is 1. The van der Waals surface area contributed by atoms with Crippen molar-refractivity contribution < 1.29 is 9.53 Å². The molecule has 0 aromatic carbocycles. The summed E-state index contributed by atoms with van der Waals surface area (Å²) in [6.07, 6.45) is 1.47. The van der Waals surface area contributed by atoms with E-state index in [1.54, 1.807) is 18.0 Å².